The molecule has 2 aromatic heterocycles. The number of sulfonamides is 1. The number of hydrogen-bond acceptors (Lipinski definition) is 7. The van der Waals surface area contributed by atoms with Gasteiger partial charge in [-0.3, -0.25) is 13.9 Å². The topological polar surface area (TPSA) is 107 Å². The number of ether oxygens (including phenoxy) is 1. The van der Waals surface area contributed by atoms with Crippen LogP contribution in [0.25, 0.3) is 4.96 Å². The van der Waals surface area contributed by atoms with Crippen molar-refractivity contribution in [1.29, 1.82) is 0 Å². The molecule has 0 aliphatic heterocycles. The van der Waals surface area contributed by atoms with Crippen molar-refractivity contribution in [2.75, 3.05) is 11.3 Å². The molecule has 27 heavy (non-hydrogen) atoms. The number of fused-ring (bicyclic) bond motifs is 1. The number of thiazole rings is 1. The zero-order valence-electron chi connectivity index (χ0n) is 14.8. The van der Waals surface area contributed by atoms with Gasteiger partial charge in [-0.2, -0.15) is 0 Å². The number of nitrogens with one attached hydrogen (secondary N) is 1. The summed E-state index contributed by atoms with van der Waals surface area (Å²) in [5.41, 5.74) is -0.0173. The summed E-state index contributed by atoms with van der Waals surface area (Å²) in [5.74, 6) is -0.497. The number of nitrogens with zero attached hydrogens (tertiary/aromatic N) is 2. The Morgan fingerprint density at radius 3 is 2.56 bits per heavy atom. The third-order valence-electron chi connectivity index (χ3n) is 3.69. The van der Waals surface area contributed by atoms with Crippen molar-refractivity contribution in [3.05, 3.63) is 57.0 Å². The van der Waals surface area contributed by atoms with Gasteiger partial charge >= 0.3 is 5.97 Å². The third kappa shape index (κ3) is 3.71. The molecule has 1 N–H and O–H groups in total. The summed E-state index contributed by atoms with van der Waals surface area (Å²) in [4.78, 5) is 29.4. The zero-order valence-corrected chi connectivity index (χ0v) is 16.5. The van der Waals surface area contributed by atoms with Crippen LogP contribution in [0.15, 0.2) is 40.2 Å². The van der Waals surface area contributed by atoms with E-state index < -0.39 is 26.4 Å². The fraction of sp³-hybridized carbons (Fsp3) is 0.235. The molecule has 0 fully saturated rings. The standard InChI is InChI=1S/C17H17N3O5S2/c1-4-25-16(22)12-5-7-13(8-6-12)19-27(23,24)14-11(3)18-17-20(15(14)21)9-10(2)26-17/h5-9,19H,4H2,1-3H3. The van der Waals surface area contributed by atoms with Gasteiger partial charge in [0.1, 0.15) is 0 Å². The normalized spacial score (nSPS) is 11.5. The fourth-order valence-electron chi connectivity index (χ4n) is 2.54. The molecule has 2 heterocycles. The number of rotatable bonds is 5. The smallest absolute Gasteiger partial charge is 0.338 e. The second-order valence-electron chi connectivity index (χ2n) is 5.73. The molecule has 0 bridgehead atoms. The molecule has 0 saturated heterocycles. The van der Waals surface area contributed by atoms with Crippen molar-refractivity contribution < 1.29 is 17.9 Å². The van der Waals surface area contributed by atoms with Crippen LogP contribution in [0.4, 0.5) is 5.69 Å². The highest BCUT2D eigenvalue weighted by atomic mass is 32.2. The van der Waals surface area contributed by atoms with Gasteiger partial charge in [-0.1, -0.05) is 0 Å². The Morgan fingerprint density at radius 1 is 1.26 bits per heavy atom. The Morgan fingerprint density at radius 2 is 1.93 bits per heavy atom. The SMILES string of the molecule is CCOC(=O)c1ccc(NS(=O)(=O)c2c(C)nc3sc(C)cn3c2=O)cc1. The molecule has 0 atom stereocenters. The van der Waals surface area contributed by atoms with E-state index in [1.807, 2.05) is 6.92 Å². The van der Waals surface area contributed by atoms with E-state index in [0.29, 0.717) is 10.5 Å². The lowest BCUT2D eigenvalue weighted by molar-refractivity contribution is 0.0526. The molecule has 0 unspecified atom stereocenters. The molecule has 0 saturated carbocycles. The van der Waals surface area contributed by atoms with Crippen LogP contribution in [0.3, 0.4) is 0 Å². The minimum absolute atomic E-state index is 0.123. The van der Waals surface area contributed by atoms with Gasteiger partial charge in [-0.25, -0.2) is 18.2 Å². The van der Waals surface area contributed by atoms with E-state index in [0.717, 1.165) is 4.88 Å². The summed E-state index contributed by atoms with van der Waals surface area (Å²) >= 11 is 1.30. The van der Waals surface area contributed by atoms with Gasteiger partial charge in [0, 0.05) is 16.8 Å². The average molecular weight is 407 g/mol. The van der Waals surface area contributed by atoms with Gasteiger partial charge in [-0.05, 0) is 45.0 Å². The quantitative estimate of drug-likeness (QED) is 0.651. The van der Waals surface area contributed by atoms with Crippen molar-refractivity contribution in [1.82, 2.24) is 9.38 Å². The summed E-state index contributed by atoms with van der Waals surface area (Å²) in [6, 6.07) is 5.74. The summed E-state index contributed by atoms with van der Waals surface area (Å²) in [6.07, 6.45) is 1.56. The molecular weight excluding hydrogens is 390 g/mol. The molecule has 0 aliphatic rings. The molecular formula is C17H17N3O5S2. The first kappa shape index (κ1) is 19.1. The maximum Gasteiger partial charge on any atom is 0.338 e. The van der Waals surface area contributed by atoms with Gasteiger partial charge in [0.25, 0.3) is 15.6 Å². The molecule has 0 aliphatic carbocycles. The van der Waals surface area contributed by atoms with Crippen molar-refractivity contribution in [2.24, 2.45) is 0 Å². The van der Waals surface area contributed by atoms with Crippen molar-refractivity contribution in [3.63, 3.8) is 0 Å². The van der Waals surface area contributed by atoms with Gasteiger partial charge in [0.05, 0.1) is 17.9 Å². The van der Waals surface area contributed by atoms with E-state index in [4.69, 9.17) is 4.74 Å². The predicted octanol–water partition coefficient (Wildman–Crippen LogP) is 2.35. The molecule has 142 valence electrons. The van der Waals surface area contributed by atoms with E-state index in [-0.39, 0.29) is 18.0 Å². The molecule has 3 aromatic rings. The number of carbonyl (C=O) groups is 1. The van der Waals surface area contributed by atoms with E-state index in [1.165, 1.54) is 46.9 Å². The zero-order chi connectivity index (χ0) is 19.8. The Bertz CT molecular complexity index is 1180. The summed E-state index contributed by atoms with van der Waals surface area (Å²) in [6.45, 7) is 5.23. The molecule has 0 spiro atoms. The van der Waals surface area contributed by atoms with Crippen LogP contribution in [0, 0.1) is 13.8 Å². The highest BCUT2D eigenvalue weighted by Crippen LogP contribution is 2.19. The first-order valence-electron chi connectivity index (χ1n) is 8.02. The Hall–Kier alpha value is -2.72. The summed E-state index contributed by atoms with van der Waals surface area (Å²) in [7, 11) is -4.16. The lowest BCUT2D eigenvalue weighted by Crippen LogP contribution is -2.27. The van der Waals surface area contributed by atoms with Crippen LogP contribution in [-0.2, 0) is 14.8 Å². The highest BCUT2D eigenvalue weighted by Gasteiger charge is 2.24. The van der Waals surface area contributed by atoms with Crippen molar-refractivity contribution in [3.8, 4) is 0 Å². The second kappa shape index (κ2) is 7.12. The number of anilines is 1. The molecule has 0 radical (unpaired) electrons. The molecule has 1 aromatic carbocycles. The average Bonchev–Trinajstić information content (AvgIpc) is 2.95. The minimum atomic E-state index is -4.16. The van der Waals surface area contributed by atoms with Crippen LogP contribution in [0.1, 0.15) is 27.9 Å². The van der Waals surface area contributed by atoms with Crippen LogP contribution in [0.2, 0.25) is 0 Å². The van der Waals surface area contributed by atoms with Crippen molar-refractivity contribution in [2.45, 2.75) is 25.7 Å². The van der Waals surface area contributed by atoms with E-state index >= 15 is 0 Å². The van der Waals surface area contributed by atoms with Crippen LogP contribution < -0.4 is 10.3 Å². The molecule has 0 amide bonds. The number of benzene rings is 1. The second-order valence-corrected chi connectivity index (χ2v) is 8.56. The van der Waals surface area contributed by atoms with Gasteiger partial charge < -0.3 is 4.74 Å². The number of carbonyl (C=O) groups excluding carboxylic acids is 1. The lowest BCUT2D eigenvalue weighted by atomic mass is 10.2. The number of esters is 1. The minimum Gasteiger partial charge on any atom is -0.462 e. The predicted molar refractivity (Wildman–Crippen MR) is 102 cm³/mol. The third-order valence-corrected chi connectivity index (χ3v) is 6.10. The fourth-order valence-corrected chi connectivity index (χ4v) is 4.72. The van der Waals surface area contributed by atoms with E-state index in [1.54, 1.807) is 13.1 Å². The largest absolute Gasteiger partial charge is 0.462 e. The first-order chi connectivity index (χ1) is 12.7. The summed E-state index contributed by atoms with van der Waals surface area (Å²) < 4.78 is 34.0. The highest BCUT2D eigenvalue weighted by molar-refractivity contribution is 7.92. The Kier molecular flexibility index (Phi) is 5.03. The van der Waals surface area contributed by atoms with E-state index in [2.05, 4.69) is 9.71 Å². The van der Waals surface area contributed by atoms with E-state index in [9.17, 15) is 18.0 Å². The number of hydrogen-bond donors (Lipinski definition) is 1. The van der Waals surface area contributed by atoms with Gasteiger partial charge in [0.15, 0.2) is 9.86 Å². The maximum atomic E-state index is 12.8. The van der Waals surface area contributed by atoms with Gasteiger partial charge in [-0.15, -0.1) is 11.3 Å². The van der Waals surface area contributed by atoms with Crippen LogP contribution in [0.5, 0.6) is 0 Å². The Balaban J connectivity index is 1.97. The van der Waals surface area contributed by atoms with Crippen LogP contribution >= 0.6 is 11.3 Å². The number of aryl methyl sites for hydroxylation is 2. The number of aromatic nitrogens is 2. The lowest BCUT2D eigenvalue weighted by Gasteiger charge is -2.10. The Labute approximate surface area is 159 Å². The van der Waals surface area contributed by atoms with Crippen LogP contribution in [-0.4, -0.2) is 30.4 Å². The van der Waals surface area contributed by atoms with Crippen molar-refractivity contribution >= 4 is 38.0 Å². The summed E-state index contributed by atoms with van der Waals surface area (Å²) in [5, 5.41) is 0. The monoisotopic (exact) mass is 407 g/mol. The first-order valence-corrected chi connectivity index (χ1v) is 10.3. The van der Waals surface area contributed by atoms with Gasteiger partial charge in [0.2, 0.25) is 0 Å². The molecule has 3 rings (SSSR count). The maximum absolute atomic E-state index is 12.8. The molecule has 8 nitrogen and oxygen atoms in total. The molecule has 10 heteroatoms.